The Hall–Kier alpha value is -3.32. The molecular weight excluding hydrogens is 362 g/mol. The predicted molar refractivity (Wildman–Crippen MR) is 101 cm³/mol. The molecule has 2 heterocycles. The summed E-state index contributed by atoms with van der Waals surface area (Å²) in [7, 11) is 0. The van der Waals surface area contributed by atoms with Crippen molar-refractivity contribution in [3.05, 3.63) is 77.1 Å². The van der Waals surface area contributed by atoms with Gasteiger partial charge in [-0.25, -0.2) is 9.78 Å². The van der Waals surface area contributed by atoms with Crippen molar-refractivity contribution in [1.29, 1.82) is 0 Å². The fourth-order valence-corrected chi connectivity index (χ4v) is 3.47. The topological polar surface area (TPSA) is 78.1 Å². The number of thiazole rings is 1. The summed E-state index contributed by atoms with van der Waals surface area (Å²) in [6, 6.07) is 19.2. The molecule has 0 aliphatic heterocycles. The van der Waals surface area contributed by atoms with E-state index in [1.54, 1.807) is 6.92 Å². The summed E-state index contributed by atoms with van der Waals surface area (Å²) in [5, 5.41) is 4.69. The number of carbonyl (C=O) groups excluding carboxylic acids is 1. The fourth-order valence-electron chi connectivity index (χ4n) is 2.50. The molecule has 6 nitrogen and oxygen atoms in total. The molecule has 0 aliphatic rings. The molecule has 2 aromatic carbocycles. The van der Waals surface area contributed by atoms with Crippen LogP contribution >= 0.6 is 11.3 Å². The molecule has 0 spiro atoms. The Morgan fingerprint density at radius 2 is 1.67 bits per heavy atom. The van der Waals surface area contributed by atoms with Crippen LogP contribution < -0.4 is 0 Å². The summed E-state index contributed by atoms with van der Waals surface area (Å²) >= 11 is 1.31. The number of rotatable bonds is 5. The minimum Gasteiger partial charge on any atom is -0.451 e. The lowest BCUT2D eigenvalue weighted by atomic mass is 10.2. The third-order valence-corrected chi connectivity index (χ3v) is 5.02. The standard InChI is InChI=1S/C20H15N3O3S/c1-13-17(27-19(21-13)15-10-6-3-7-11-15)20(24)25-12-16-22-18(23-26-16)14-8-4-2-5-9-14/h2-11H,12H2,1H3. The van der Waals surface area contributed by atoms with Gasteiger partial charge in [0.05, 0.1) is 5.69 Å². The van der Waals surface area contributed by atoms with E-state index in [1.165, 1.54) is 11.3 Å². The monoisotopic (exact) mass is 377 g/mol. The van der Waals surface area contributed by atoms with Crippen molar-refractivity contribution >= 4 is 17.3 Å². The maximum atomic E-state index is 12.4. The van der Waals surface area contributed by atoms with Crippen LogP contribution in [0.3, 0.4) is 0 Å². The van der Waals surface area contributed by atoms with Gasteiger partial charge in [0.25, 0.3) is 5.89 Å². The average Bonchev–Trinajstić information content (AvgIpc) is 3.34. The Kier molecular flexibility index (Phi) is 4.76. The van der Waals surface area contributed by atoms with Gasteiger partial charge >= 0.3 is 5.97 Å². The van der Waals surface area contributed by atoms with Gasteiger partial charge in [-0.1, -0.05) is 65.8 Å². The lowest BCUT2D eigenvalue weighted by Crippen LogP contribution is -2.05. The summed E-state index contributed by atoms with van der Waals surface area (Å²) in [5.41, 5.74) is 2.44. The van der Waals surface area contributed by atoms with E-state index in [2.05, 4.69) is 15.1 Å². The number of benzene rings is 2. The van der Waals surface area contributed by atoms with Crippen molar-refractivity contribution in [2.75, 3.05) is 0 Å². The first-order valence-corrected chi connectivity index (χ1v) is 9.10. The molecule has 0 N–H and O–H groups in total. The minimum atomic E-state index is -0.452. The molecule has 0 fully saturated rings. The highest BCUT2D eigenvalue weighted by Gasteiger charge is 2.19. The number of aromatic nitrogens is 3. The largest absolute Gasteiger partial charge is 0.451 e. The molecule has 0 bridgehead atoms. The second kappa shape index (κ2) is 7.51. The van der Waals surface area contributed by atoms with E-state index in [9.17, 15) is 4.79 Å². The van der Waals surface area contributed by atoms with Crippen LogP contribution in [0.25, 0.3) is 22.0 Å². The molecule has 4 rings (SSSR count). The lowest BCUT2D eigenvalue weighted by molar-refractivity contribution is 0.0434. The lowest BCUT2D eigenvalue weighted by Gasteiger charge is -1.99. The zero-order valence-corrected chi connectivity index (χ0v) is 15.3. The van der Waals surface area contributed by atoms with Gasteiger partial charge in [0.2, 0.25) is 5.82 Å². The molecule has 0 unspecified atom stereocenters. The third-order valence-electron chi connectivity index (χ3n) is 3.83. The van der Waals surface area contributed by atoms with Crippen molar-refractivity contribution in [3.63, 3.8) is 0 Å². The van der Waals surface area contributed by atoms with Gasteiger partial charge < -0.3 is 9.26 Å². The Morgan fingerprint density at radius 3 is 2.37 bits per heavy atom. The second-order valence-electron chi connectivity index (χ2n) is 5.75. The zero-order chi connectivity index (χ0) is 18.6. The van der Waals surface area contributed by atoms with E-state index in [4.69, 9.17) is 9.26 Å². The Labute approximate surface area is 159 Å². The van der Waals surface area contributed by atoms with Crippen LogP contribution in [0, 0.1) is 6.92 Å². The molecule has 4 aromatic rings. The highest BCUT2D eigenvalue weighted by molar-refractivity contribution is 7.17. The number of nitrogens with zero attached hydrogens (tertiary/aromatic N) is 3. The first kappa shape index (κ1) is 17.1. The Bertz CT molecular complexity index is 1060. The first-order valence-electron chi connectivity index (χ1n) is 8.28. The van der Waals surface area contributed by atoms with Crippen LogP contribution in [0.15, 0.2) is 65.2 Å². The zero-order valence-electron chi connectivity index (χ0n) is 14.5. The molecule has 2 aromatic heterocycles. The summed E-state index contributed by atoms with van der Waals surface area (Å²) in [4.78, 5) is 21.6. The van der Waals surface area contributed by atoms with Crippen LogP contribution in [-0.2, 0) is 11.3 Å². The number of esters is 1. The Balaban J connectivity index is 1.45. The normalized spacial score (nSPS) is 10.7. The molecule has 27 heavy (non-hydrogen) atoms. The van der Waals surface area contributed by atoms with Crippen molar-refractivity contribution in [1.82, 2.24) is 15.1 Å². The summed E-state index contributed by atoms with van der Waals surface area (Å²) in [6.45, 7) is 1.70. The molecule has 0 amide bonds. The van der Waals surface area contributed by atoms with E-state index in [0.29, 0.717) is 16.4 Å². The van der Waals surface area contributed by atoms with Crippen LogP contribution in [0.1, 0.15) is 21.3 Å². The fraction of sp³-hybridized carbons (Fsp3) is 0.100. The smallest absolute Gasteiger partial charge is 0.350 e. The summed E-state index contributed by atoms with van der Waals surface area (Å²) in [5.74, 6) is 0.251. The number of hydrogen-bond acceptors (Lipinski definition) is 7. The van der Waals surface area contributed by atoms with Crippen LogP contribution in [0.5, 0.6) is 0 Å². The van der Waals surface area contributed by atoms with Gasteiger partial charge in [-0.05, 0) is 6.92 Å². The molecular formula is C20H15N3O3S. The number of carbonyl (C=O) groups is 1. The minimum absolute atomic E-state index is 0.0866. The molecule has 0 saturated heterocycles. The van der Waals surface area contributed by atoms with Gasteiger partial charge in [-0.2, -0.15) is 4.98 Å². The number of hydrogen-bond donors (Lipinski definition) is 0. The SMILES string of the molecule is Cc1nc(-c2ccccc2)sc1C(=O)OCc1nc(-c2ccccc2)no1. The quantitative estimate of drug-likeness (QED) is 0.476. The highest BCUT2D eigenvalue weighted by atomic mass is 32.1. The van der Waals surface area contributed by atoms with Crippen LogP contribution in [0.4, 0.5) is 0 Å². The molecule has 0 saturated carbocycles. The molecule has 0 radical (unpaired) electrons. The van der Waals surface area contributed by atoms with E-state index < -0.39 is 5.97 Å². The maximum Gasteiger partial charge on any atom is 0.350 e. The summed E-state index contributed by atoms with van der Waals surface area (Å²) in [6.07, 6.45) is 0. The highest BCUT2D eigenvalue weighted by Crippen LogP contribution is 2.28. The first-order chi connectivity index (χ1) is 13.2. The molecule has 0 aliphatic carbocycles. The Morgan fingerprint density at radius 1 is 1.00 bits per heavy atom. The van der Waals surface area contributed by atoms with Gasteiger partial charge in [0.15, 0.2) is 6.61 Å². The van der Waals surface area contributed by atoms with E-state index in [0.717, 1.165) is 16.1 Å². The number of aryl methyl sites for hydroxylation is 1. The van der Waals surface area contributed by atoms with Crippen molar-refractivity contribution in [2.45, 2.75) is 13.5 Å². The molecule has 7 heteroatoms. The maximum absolute atomic E-state index is 12.4. The van der Waals surface area contributed by atoms with E-state index in [-0.39, 0.29) is 12.5 Å². The third kappa shape index (κ3) is 3.78. The second-order valence-corrected chi connectivity index (χ2v) is 6.75. The van der Waals surface area contributed by atoms with Crippen LogP contribution in [-0.4, -0.2) is 21.1 Å². The van der Waals surface area contributed by atoms with E-state index >= 15 is 0 Å². The summed E-state index contributed by atoms with van der Waals surface area (Å²) < 4.78 is 10.5. The predicted octanol–water partition coefficient (Wildman–Crippen LogP) is 4.53. The average molecular weight is 377 g/mol. The molecule has 134 valence electrons. The van der Waals surface area contributed by atoms with E-state index in [1.807, 2.05) is 60.7 Å². The van der Waals surface area contributed by atoms with Crippen LogP contribution in [0.2, 0.25) is 0 Å². The van der Waals surface area contributed by atoms with Gasteiger partial charge in [0.1, 0.15) is 9.88 Å². The molecule has 0 atom stereocenters. The number of ether oxygens (including phenoxy) is 1. The van der Waals surface area contributed by atoms with Crippen molar-refractivity contribution in [3.8, 4) is 22.0 Å². The van der Waals surface area contributed by atoms with Crippen molar-refractivity contribution < 1.29 is 14.1 Å². The van der Waals surface area contributed by atoms with Gasteiger partial charge in [-0.15, -0.1) is 11.3 Å². The van der Waals surface area contributed by atoms with Gasteiger partial charge in [-0.3, -0.25) is 0 Å². The van der Waals surface area contributed by atoms with Gasteiger partial charge in [0, 0.05) is 11.1 Å². The van der Waals surface area contributed by atoms with Crippen molar-refractivity contribution in [2.24, 2.45) is 0 Å².